The fourth-order valence-electron chi connectivity index (χ4n) is 12.3. The van der Waals surface area contributed by atoms with Crippen molar-refractivity contribution in [3.05, 3.63) is 257 Å². The van der Waals surface area contributed by atoms with Gasteiger partial charge in [-0.05, 0) is 136 Å². The number of fused-ring (bicyclic) bond motifs is 14. The van der Waals surface area contributed by atoms with Gasteiger partial charge < -0.3 is 4.90 Å². The largest absolute Gasteiger partial charge is 0.310 e. The topological polar surface area (TPSA) is 3.24 Å². The second kappa shape index (κ2) is 14.4. The molecule has 0 radical (unpaired) electrons. The summed E-state index contributed by atoms with van der Waals surface area (Å²) in [4.78, 5) is 2.52. The van der Waals surface area contributed by atoms with Gasteiger partial charge in [-0.3, -0.25) is 0 Å². The van der Waals surface area contributed by atoms with Gasteiger partial charge in [0.1, 0.15) is 0 Å². The van der Waals surface area contributed by atoms with Gasteiger partial charge in [-0.2, -0.15) is 0 Å². The molecule has 1 heteroatoms. The smallest absolute Gasteiger partial charge is 0.0726 e. The Labute approximate surface area is 394 Å². The van der Waals surface area contributed by atoms with Gasteiger partial charge in [0.15, 0.2) is 0 Å². The van der Waals surface area contributed by atoms with E-state index in [1.165, 1.54) is 105 Å². The summed E-state index contributed by atoms with van der Waals surface area (Å²) in [6.45, 7) is 11.8. The molecule has 10 aromatic carbocycles. The second-order valence-electron chi connectivity index (χ2n) is 20.4. The Morgan fingerprint density at radius 1 is 0.358 bits per heavy atom. The van der Waals surface area contributed by atoms with Crippen molar-refractivity contribution in [3.8, 4) is 55.6 Å². The molecule has 0 heterocycles. The minimum absolute atomic E-state index is 0.0530. The molecule has 3 aliphatic carbocycles. The minimum atomic E-state index is -0.458. The molecule has 0 unspecified atom stereocenters. The fourth-order valence-corrected chi connectivity index (χ4v) is 12.3. The average molecular weight is 858 g/mol. The molecule has 0 saturated heterocycles. The molecule has 0 fully saturated rings. The molecule has 67 heavy (non-hydrogen) atoms. The summed E-state index contributed by atoms with van der Waals surface area (Å²) in [6.07, 6.45) is 0. The van der Waals surface area contributed by atoms with Gasteiger partial charge >= 0.3 is 0 Å². The molecule has 1 nitrogen and oxygen atoms in total. The van der Waals surface area contributed by atoms with Gasteiger partial charge in [-0.1, -0.05) is 223 Å². The highest BCUT2D eigenvalue weighted by atomic mass is 15.1. The predicted octanol–water partition coefficient (Wildman–Crippen LogP) is 17.6. The molecule has 0 N–H and O–H groups in total. The number of hydrogen-bond donors (Lipinski definition) is 0. The monoisotopic (exact) mass is 857 g/mol. The third-order valence-electron chi connectivity index (χ3n) is 15.5. The van der Waals surface area contributed by atoms with Crippen molar-refractivity contribution in [2.75, 3.05) is 4.90 Å². The van der Waals surface area contributed by atoms with Gasteiger partial charge in [0.2, 0.25) is 0 Å². The summed E-state index contributed by atoms with van der Waals surface area (Å²) in [6, 6.07) is 82.5. The molecule has 3 aliphatic rings. The van der Waals surface area contributed by atoms with Gasteiger partial charge in [-0.15, -0.1) is 0 Å². The maximum absolute atomic E-state index is 2.52. The van der Waals surface area contributed by atoms with E-state index in [4.69, 9.17) is 0 Å². The minimum Gasteiger partial charge on any atom is -0.310 e. The van der Waals surface area contributed by atoms with Crippen LogP contribution in [0.5, 0.6) is 0 Å². The first kappa shape index (κ1) is 39.6. The molecule has 0 bridgehead atoms. The molecule has 10 aromatic rings. The van der Waals surface area contributed by atoms with Crippen molar-refractivity contribution in [1.82, 2.24) is 0 Å². The Balaban J connectivity index is 1.05. The Bertz CT molecular complexity index is 3580. The van der Waals surface area contributed by atoms with E-state index in [0.717, 1.165) is 17.1 Å². The van der Waals surface area contributed by atoms with Crippen LogP contribution < -0.4 is 4.90 Å². The SMILES string of the molecule is CC(C)(C)c1ccc2c(c1)C(C)(C)c1cccc(-c3ccccc3N(c3ccc(-c4cccc5ccccc45)cc3)c3ccc4c(c3)C3(c5ccccc5-c5ccccc53)c3ccccc3-4)c1-2. The lowest BCUT2D eigenvalue weighted by atomic mass is 9.70. The van der Waals surface area contributed by atoms with E-state index in [2.05, 4.69) is 258 Å². The third kappa shape index (κ3) is 5.61. The first-order chi connectivity index (χ1) is 32.6. The van der Waals surface area contributed by atoms with Crippen LogP contribution in [0.2, 0.25) is 0 Å². The van der Waals surface area contributed by atoms with Gasteiger partial charge in [0.05, 0.1) is 11.1 Å². The van der Waals surface area contributed by atoms with E-state index in [9.17, 15) is 0 Å². The summed E-state index contributed by atoms with van der Waals surface area (Å²) < 4.78 is 0. The van der Waals surface area contributed by atoms with Crippen LogP contribution in [0.3, 0.4) is 0 Å². The van der Waals surface area contributed by atoms with E-state index >= 15 is 0 Å². The van der Waals surface area contributed by atoms with Crippen LogP contribution >= 0.6 is 0 Å². The summed E-state index contributed by atoms with van der Waals surface area (Å²) in [5, 5.41) is 2.51. The number of hydrogen-bond acceptors (Lipinski definition) is 1. The summed E-state index contributed by atoms with van der Waals surface area (Å²) in [7, 11) is 0. The second-order valence-corrected chi connectivity index (χ2v) is 20.4. The molecule has 0 atom stereocenters. The lowest BCUT2D eigenvalue weighted by Gasteiger charge is -2.33. The van der Waals surface area contributed by atoms with Crippen LogP contribution in [0, 0.1) is 0 Å². The molecular formula is C66H51N. The number of anilines is 3. The van der Waals surface area contributed by atoms with Crippen LogP contribution in [0.1, 0.15) is 73.6 Å². The zero-order valence-electron chi connectivity index (χ0n) is 38.7. The predicted molar refractivity (Wildman–Crippen MR) is 282 cm³/mol. The van der Waals surface area contributed by atoms with Crippen molar-refractivity contribution >= 4 is 27.8 Å². The van der Waals surface area contributed by atoms with Crippen LogP contribution in [0.15, 0.2) is 218 Å². The normalized spacial score (nSPS) is 14.3. The summed E-state index contributed by atoms with van der Waals surface area (Å²) >= 11 is 0. The highest BCUT2D eigenvalue weighted by Gasteiger charge is 2.51. The summed E-state index contributed by atoms with van der Waals surface area (Å²) in [5.74, 6) is 0. The molecule has 13 rings (SSSR count). The van der Waals surface area contributed by atoms with Gasteiger partial charge in [0, 0.05) is 22.4 Å². The highest BCUT2D eigenvalue weighted by Crippen LogP contribution is 2.63. The van der Waals surface area contributed by atoms with E-state index in [1.807, 2.05) is 0 Å². The zero-order valence-corrected chi connectivity index (χ0v) is 38.7. The average Bonchev–Trinajstić information content (AvgIpc) is 3.92. The molecule has 320 valence electrons. The van der Waals surface area contributed by atoms with Gasteiger partial charge in [0.25, 0.3) is 0 Å². The molecule has 0 saturated carbocycles. The Hall–Kier alpha value is -7.74. The quantitative estimate of drug-likeness (QED) is 0.167. The number of rotatable bonds is 5. The van der Waals surface area contributed by atoms with Gasteiger partial charge in [-0.25, -0.2) is 0 Å². The number of para-hydroxylation sites is 1. The van der Waals surface area contributed by atoms with Crippen molar-refractivity contribution in [3.63, 3.8) is 0 Å². The van der Waals surface area contributed by atoms with E-state index in [1.54, 1.807) is 0 Å². The Kier molecular flexibility index (Phi) is 8.50. The molecular weight excluding hydrogens is 807 g/mol. The van der Waals surface area contributed by atoms with Crippen molar-refractivity contribution < 1.29 is 0 Å². The lowest BCUT2D eigenvalue weighted by Crippen LogP contribution is -2.26. The molecule has 1 spiro atoms. The first-order valence-corrected chi connectivity index (χ1v) is 23.8. The van der Waals surface area contributed by atoms with Crippen LogP contribution in [-0.2, 0) is 16.2 Å². The third-order valence-corrected chi connectivity index (χ3v) is 15.5. The highest BCUT2D eigenvalue weighted by molar-refractivity contribution is 6.01. The Morgan fingerprint density at radius 3 is 1.55 bits per heavy atom. The zero-order chi connectivity index (χ0) is 45.2. The number of nitrogens with zero attached hydrogens (tertiary/aromatic N) is 1. The maximum atomic E-state index is 2.52. The molecule has 0 aliphatic heterocycles. The summed E-state index contributed by atoms with van der Waals surface area (Å²) in [5.41, 5.74) is 25.1. The van der Waals surface area contributed by atoms with E-state index in [-0.39, 0.29) is 10.8 Å². The van der Waals surface area contributed by atoms with Crippen LogP contribution in [-0.4, -0.2) is 0 Å². The van der Waals surface area contributed by atoms with E-state index in [0.29, 0.717) is 0 Å². The van der Waals surface area contributed by atoms with Crippen molar-refractivity contribution in [2.45, 2.75) is 50.9 Å². The standard InChI is InChI=1S/C66H51N/c1-64(2,3)44-34-38-55-60(40-44)65(4,5)59-30-17-26-54(63(55)59)53-24-11-15-31-62(53)67(45-35-32-43(33-36-45)48-25-16-19-42-18-6-7-20-47(42)48)46-37-39-52-51-23-10-14-29-58(51)66(61(52)41-46)56-27-12-8-21-49(56)50-22-9-13-28-57(50)66/h6-41H,1-5H3. The molecule has 0 amide bonds. The van der Waals surface area contributed by atoms with Crippen LogP contribution in [0.25, 0.3) is 66.4 Å². The fraction of sp³-hybridized carbons (Fsp3) is 0.121. The maximum Gasteiger partial charge on any atom is 0.0726 e. The van der Waals surface area contributed by atoms with Crippen LogP contribution in [0.4, 0.5) is 17.1 Å². The van der Waals surface area contributed by atoms with E-state index < -0.39 is 5.41 Å². The lowest BCUT2D eigenvalue weighted by molar-refractivity contribution is 0.584. The van der Waals surface area contributed by atoms with Crippen molar-refractivity contribution in [1.29, 1.82) is 0 Å². The number of benzene rings is 10. The first-order valence-electron chi connectivity index (χ1n) is 23.8. The molecule has 0 aromatic heterocycles. The van der Waals surface area contributed by atoms with Crippen molar-refractivity contribution in [2.24, 2.45) is 0 Å². The Morgan fingerprint density at radius 2 is 0.866 bits per heavy atom.